The van der Waals surface area contributed by atoms with E-state index in [4.69, 9.17) is 0 Å². The van der Waals surface area contributed by atoms with Crippen LogP contribution >= 0.6 is 7.92 Å². The standard InChI is InChI=1S/C30H47P/c1-21(2)25-19-26(22(3)4)27(24-15-12-11-13-16-24)30(20-25,23(5)6)31-28(7,8)17-14-18-29(31,9)10/h11-13,15-16,19,21-23H,14,17-18,20H2,1-10H3. The predicted octanol–water partition coefficient (Wildman–Crippen LogP) is 9.70. The van der Waals surface area contributed by atoms with Crippen molar-refractivity contribution in [1.82, 2.24) is 0 Å². The van der Waals surface area contributed by atoms with E-state index >= 15 is 0 Å². The van der Waals surface area contributed by atoms with Gasteiger partial charge in [-0.05, 0) is 64.0 Å². The molecule has 1 aliphatic heterocycles. The third-order valence-electron chi connectivity index (χ3n) is 8.10. The number of allylic oxidation sites excluding steroid dienone is 4. The van der Waals surface area contributed by atoms with Crippen LogP contribution in [0.15, 0.2) is 47.6 Å². The van der Waals surface area contributed by atoms with Gasteiger partial charge in [0.25, 0.3) is 0 Å². The van der Waals surface area contributed by atoms with E-state index < -0.39 is 0 Å². The molecule has 1 aromatic rings. The van der Waals surface area contributed by atoms with Crippen molar-refractivity contribution in [3.8, 4) is 0 Å². The van der Waals surface area contributed by atoms with Gasteiger partial charge in [-0.1, -0.05) is 126 Å². The first-order valence-electron chi connectivity index (χ1n) is 12.7. The fourth-order valence-corrected chi connectivity index (χ4v) is 12.7. The number of rotatable bonds is 5. The fourth-order valence-electron chi connectivity index (χ4n) is 6.84. The molecule has 0 radical (unpaired) electrons. The Morgan fingerprint density at radius 3 is 1.77 bits per heavy atom. The molecule has 1 heteroatoms. The van der Waals surface area contributed by atoms with E-state index in [1.807, 2.05) is 0 Å². The first-order valence-corrected chi connectivity index (χ1v) is 14.0. The van der Waals surface area contributed by atoms with Crippen LogP contribution in [0.4, 0.5) is 0 Å². The highest BCUT2D eigenvalue weighted by Crippen LogP contribution is 2.78. The Bertz CT molecular complexity index is 818. The maximum absolute atomic E-state index is 2.61. The molecule has 1 aromatic carbocycles. The van der Waals surface area contributed by atoms with Crippen LogP contribution in [0.2, 0.25) is 0 Å². The molecular weight excluding hydrogens is 391 g/mol. The van der Waals surface area contributed by atoms with Crippen LogP contribution in [-0.4, -0.2) is 15.5 Å². The summed E-state index contributed by atoms with van der Waals surface area (Å²) >= 11 is 0. The van der Waals surface area contributed by atoms with E-state index in [0.29, 0.717) is 28.1 Å². The lowest BCUT2D eigenvalue weighted by molar-refractivity contribution is 0.413. The molecule has 2 aliphatic rings. The zero-order valence-corrected chi connectivity index (χ0v) is 22.9. The molecule has 0 nitrogen and oxygen atoms in total. The van der Waals surface area contributed by atoms with Gasteiger partial charge >= 0.3 is 0 Å². The largest absolute Gasteiger partial charge is 0.0835 e. The molecule has 0 bridgehead atoms. The Morgan fingerprint density at radius 2 is 1.32 bits per heavy atom. The highest BCUT2D eigenvalue weighted by Gasteiger charge is 2.58. The summed E-state index contributed by atoms with van der Waals surface area (Å²) in [5.41, 5.74) is 6.45. The third-order valence-corrected chi connectivity index (χ3v) is 12.7. The van der Waals surface area contributed by atoms with E-state index in [1.165, 1.54) is 31.2 Å². The molecule has 0 spiro atoms. The lowest BCUT2D eigenvalue weighted by Gasteiger charge is -2.63. The zero-order chi connectivity index (χ0) is 23.2. The molecule has 1 aliphatic carbocycles. The molecule has 1 atom stereocenters. The fraction of sp³-hybridized carbons (Fsp3) is 0.667. The van der Waals surface area contributed by atoms with E-state index in [9.17, 15) is 0 Å². The molecular formula is C30H47P. The van der Waals surface area contributed by atoms with Gasteiger partial charge in [-0.25, -0.2) is 0 Å². The van der Waals surface area contributed by atoms with Crippen molar-refractivity contribution in [3.63, 3.8) is 0 Å². The van der Waals surface area contributed by atoms with Gasteiger partial charge in [-0.15, -0.1) is 0 Å². The first-order chi connectivity index (χ1) is 14.3. The van der Waals surface area contributed by atoms with Crippen molar-refractivity contribution in [1.29, 1.82) is 0 Å². The normalized spacial score (nSPS) is 26.7. The van der Waals surface area contributed by atoms with Crippen molar-refractivity contribution in [2.45, 2.75) is 110 Å². The van der Waals surface area contributed by atoms with Gasteiger partial charge in [0, 0.05) is 5.16 Å². The molecule has 1 saturated heterocycles. The van der Waals surface area contributed by atoms with Crippen molar-refractivity contribution < 1.29 is 0 Å². The van der Waals surface area contributed by atoms with Crippen LogP contribution in [0, 0.1) is 17.8 Å². The molecule has 1 fully saturated rings. The Kier molecular flexibility index (Phi) is 7.04. The number of hydrogen-bond donors (Lipinski definition) is 0. The maximum atomic E-state index is 2.61. The van der Waals surface area contributed by atoms with Crippen LogP contribution in [-0.2, 0) is 0 Å². The van der Waals surface area contributed by atoms with Crippen LogP contribution in [0.1, 0.15) is 100 Å². The summed E-state index contributed by atoms with van der Waals surface area (Å²) in [5, 5.41) is 1.00. The second kappa shape index (κ2) is 8.82. The van der Waals surface area contributed by atoms with Gasteiger partial charge in [0.05, 0.1) is 0 Å². The number of benzene rings is 1. The minimum absolute atomic E-state index is 0.220. The average molecular weight is 439 g/mol. The summed E-state index contributed by atoms with van der Waals surface area (Å²) in [4.78, 5) is 0. The maximum Gasteiger partial charge on any atom is 0.0233 e. The Morgan fingerprint density at radius 1 is 0.774 bits per heavy atom. The van der Waals surface area contributed by atoms with Gasteiger partial charge < -0.3 is 0 Å². The molecule has 0 N–H and O–H groups in total. The lowest BCUT2D eigenvalue weighted by Crippen LogP contribution is -2.50. The summed E-state index contributed by atoms with van der Waals surface area (Å²) in [6.07, 6.45) is 7.97. The topological polar surface area (TPSA) is 0 Å². The predicted molar refractivity (Wildman–Crippen MR) is 142 cm³/mol. The van der Waals surface area contributed by atoms with Crippen molar-refractivity contribution >= 4 is 13.5 Å². The van der Waals surface area contributed by atoms with Gasteiger partial charge in [0.15, 0.2) is 0 Å². The van der Waals surface area contributed by atoms with E-state index in [1.54, 1.807) is 16.7 Å². The highest BCUT2D eigenvalue weighted by molar-refractivity contribution is 7.63. The van der Waals surface area contributed by atoms with Crippen molar-refractivity contribution in [2.24, 2.45) is 17.8 Å². The molecule has 3 rings (SSSR count). The Hall–Kier alpha value is -0.870. The monoisotopic (exact) mass is 438 g/mol. The van der Waals surface area contributed by atoms with Gasteiger partial charge in [0.2, 0.25) is 0 Å². The van der Waals surface area contributed by atoms with Gasteiger partial charge in [-0.2, -0.15) is 0 Å². The lowest BCUT2D eigenvalue weighted by atomic mass is 9.69. The Labute approximate surface area is 194 Å². The molecule has 1 unspecified atom stereocenters. The molecule has 0 amide bonds. The molecule has 0 saturated carbocycles. The summed E-state index contributed by atoms with van der Waals surface area (Å²) < 4.78 is 0. The third kappa shape index (κ3) is 4.36. The van der Waals surface area contributed by atoms with E-state index in [2.05, 4.69) is 106 Å². The molecule has 0 aromatic heterocycles. The second-order valence-electron chi connectivity index (χ2n) is 12.3. The summed E-state index contributed by atoms with van der Waals surface area (Å²) in [6.45, 7) is 25.1. The van der Waals surface area contributed by atoms with Crippen LogP contribution < -0.4 is 0 Å². The van der Waals surface area contributed by atoms with Crippen LogP contribution in [0.25, 0.3) is 5.57 Å². The first kappa shape index (κ1) is 24.8. The summed E-state index contributed by atoms with van der Waals surface area (Å²) in [6, 6.07) is 11.5. The minimum atomic E-state index is -0.265. The van der Waals surface area contributed by atoms with Crippen LogP contribution in [0.3, 0.4) is 0 Å². The molecule has 172 valence electrons. The quantitative estimate of drug-likeness (QED) is 0.401. The average Bonchev–Trinajstić information content (AvgIpc) is 2.66. The number of hydrogen-bond acceptors (Lipinski definition) is 0. The van der Waals surface area contributed by atoms with Crippen LogP contribution in [0.5, 0.6) is 0 Å². The SMILES string of the molecule is CC(C)C1=CC(C(C)C)=C(c2ccccc2)C(C(C)C)(P2C(C)(C)CCCC2(C)C)C1. The smallest absolute Gasteiger partial charge is 0.0233 e. The molecule has 1 heterocycles. The van der Waals surface area contributed by atoms with Gasteiger partial charge in [0.1, 0.15) is 0 Å². The minimum Gasteiger partial charge on any atom is -0.0835 e. The molecule has 31 heavy (non-hydrogen) atoms. The van der Waals surface area contributed by atoms with Crippen molar-refractivity contribution in [2.75, 3.05) is 0 Å². The Balaban J connectivity index is 2.44. The van der Waals surface area contributed by atoms with Crippen molar-refractivity contribution in [3.05, 3.63) is 53.1 Å². The van der Waals surface area contributed by atoms with E-state index in [-0.39, 0.29) is 13.1 Å². The second-order valence-corrected chi connectivity index (χ2v) is 16.2. The summed E-state index contributed by atoms with van der Waals surface area (Å²) in [7, 11) is -0.265. The highest BCUT2D eigenvalue weighted by atomic mass is 31.1. The van der Waals surface area contributed by atoms with E-state index in [0.717, 1.165) is 0 Å². The summed E-state index contributed by atoms with van der Waals surface area (Å²) in [5.74, 6) is 1.75. The zero-order valence-electron chi connectivity index (χ0n) is 22.0. The van der Waals surface area contributed by atoms with Gasteiger partial charge in [-0.3, -0.25) is 0 Å².